The smallest absolute Gasteiger partial charge is 0.311 e. The number of esters is 1. The highest BCUT2D eigenvalue weighted by Gasteiger charge is 2.27. The van der Waals surface area contributed by atoms with Gasteiger partial charge >= 0.3 is 5.97 Å². The average molecular weight is 503 g/mol. The summed E-state index contributed by atoms with van der Waals surface area (Å²) in [5.41, 5.74) is 10.1. The van der Waals surface area contributed by atoms with Crippen LogP contribution in [-0.2, 0) is 27.2 Å². The molecule has 0 radical (unpaired) electrons. The van der Waals surface area contributed by atoms with Crippen LogP contribution >= 0.6 is 12.2 Å². The Hall–Kier alpha value is -2.84. The first kappa shape index (κ1) is 28.4. The van der Waals surface area contributed by atoms with Crippen LogP contribution in [0.2, 0.25) is 0 Å². The highest BCUT2D eigenvalue weighted by Crippen LogP contribution is 2.29. The monoisotopic (exact) mass is 502 g/mol. The van der Waals surface area contributed by atoms with Gasteiger partial charge in [-0.2, -0.15) is 0 Å². The van der Waals surface area contributed by atoms with Crippen LogP contribution in [0.5, 0.6) is 11.5 Å². The molecule has 1 unspecified atom stereocenters. The topological polar surface area (TPSA) is 83.3 Å². The molecule has 0 aromatic heterocycles. The fourth-order valence-corrected chi connectivity index (χ4v) is 3.70. The van der Waals surface area contributed by atoms with E-state index in [1.807, 2.05) is 43.9 Å². The maximum absolute atomic E-state index is 12.5. The maximum atomic E-state index is 12.5. The number of nitrogens with zero attached hydrogens (tertiary/aromatic N) is 1. The number of carbonyl (C=O) groups is 1. The van der Waals surface area contributed by atoms with Gasteiger partial charge in [-0.1, -0.05) is 24.3 Å². The lowest BCUT2D eigenvalue weighted by Gasteiger charge is -2.33. The van der Waals surface area contributed by atoms with E-state index in [1.165, 1.54) is 11.1 Å². The lowest BCUT2D eigenvalue weighted by Crippen LogP contribution is -2.47. The highest BCUT2D eigenvalue weighted by molar-refractivity contribution is 7.80. The minimum atomic E-state index is -0.607. The molecule has 0 heterocycles. The van der Waals surface area contributed by atoms with Crippen molar-refractivity contribution in [2.24, 2.45) is 11.1 Å². The Bertz CT molecular complexity index is 1020. The predicted molar refractivity (Wildman–Crippen MR) is 142 cm³/mol. The van der Waals surface area contributed by atoms with Crippen molar-refractivity contribution in [3.05, 3.63) is 58.7 Å². The van der Waals surface area contributed by atoms with E-state index in [2.05, 4.69) is 32.0 Å². The second kappa shape index (κ2) is 12.7. The van der Waals surface area contributed by atoms with Crippen molar-refractivity contribution in [2.45, 2.75) is 53.6 Å². The van der Waals surface area contributed by atoms with Crippen molar-refractivity contribution < 1.29 is 23.7 Å². The van der Waals surface area contributed by atoms with Crippen molar-refractivity contribution in [2.75, 3.05) is 27.6 Å². The average Bonchev–Trinajstić information content (AvgIpc) is 2.80. The molecule has 192 valence electrons. The zero-order valence-corrected chi connectivity index (χ0v) is 22.7. The summed E-state index contributed by atoms with van der Waals surface area (Å²) in [5, 5.41) is 0.226. The molecule has 2 N–H and O–H groups in total. The van der Waals surface area contributed by atoms with Crippen molar-refractivity contribution in [3.63, 3.8) is 0 Å². The number of rotatable bonds is 11. The van der Waals surface area contributed by atoms with Gasteiger partial charge in [-0.05, 0) is 87.6 Å². The maximum Gasteiger partial charge on any atom is 0.311 e. The van der Waals surface area contributed by atoms with Gasteiger partial charge in [0.1, 0.15) is 6.61 Å². The van der Waals surface area contributed by atoms with Crippen molar-refractivity contribution >= 4 is 23.3 Å². The Labute approximate surface area is 214 Å². The predicted octanol–water partition coefficient (Wildman–Crippen LogP) is 4.54. The van der Waals surface area contributed by atoms with Gasteiger partial charge in [0, 0.05) is 13.7 Å². The van der Waals surface area contributed by atoms with E-state index >= 15 is 0 Å². The Kier molecular flexibility index (Phi) is 10.3. The third-order valence-electron chi connectivity index (χ3n) is 5.70. The van der Waals surface area contributed by atoms with E-state index in [0.29, 0.717) is 24.5 Å². The van der Waals surface area contributed by atoms with Crippen molar-refractivity contribution in [1.82, 2.24) is 4.90 Å². The molecule has 7 nitrogen and oxygen atoms in total. The molecule has 0 saturated heterocycles. The first-order valence-corrected chi connectivity index (χ1v) is 11.9. The standard InChI is InChI=1S/C27H38N2O5S/c1-18-8-9-20(12-19(18)2)13-22(16-33-25(30)27(3,4)5)29(26(28)35)15-21-10-11-23(34-17-31-6)24(14-21)32-7/h8-12,14,22H,13,15-17H2,1-7H3,(H2,28,35). The minimum Gasteiger partial charge on any atom is -0.493 e. The molecule has 2 aromatic rings. The van der Waals surface area contributed by atoms with Gasteiger partial charge in [0.15, 0.2) is 23.4 Å². The molecule has 1 atom stereocenters. The molecule has 0 amide bonds. The van der Waals surface area contributed by atoms with E-state index in [-0.39, 0.29) is 30.5 Å². The lowest BCUT2D eigenvalue weighted by molar-refractivity contribution is -0.154. The summed E-state index contributed by atoms with van der Waals surface area (Å²) >= 11 is 5.44. The molecule has 35 heavy (non-hydrogen) atoms. The van der Waals surface area contributed by atoms with E-state index in [0.717, 1.165) is 11.1 Å². The largest absolute Gasteiger partial charge is 0.493 e. The number of aryl methyl sites for hydroxylation is 2. The van der Waals surface area contributed by atoms with Crippen LogP contribution in [0.25, 0.3) is 0 Å². The van der Waals surface area contributed by atoms with Crippen LogP contribution in [0.3, 0.4) is 0 Å². The van der Waals surface area contributed by atoms with Crippen LogP contribution in [0.1, 0.15) is 43.0 Å². The zero-order chi connectivity index (χ0) is 26.2. The second-order valence-corrected chi connectivity index (χ2v) is 10.0. The summed E-state index contributed by atoms with van der Waals surface area (Å²) in [7, 11) is 3.14. The van der Waals surface area contributed by atoms with Gasteiger partial charge in [-0.15, -0.1) is 0 Å². The Morgan fingerprint density at radius 3 is 2.29 bits per heavy atom. The van der Waals surface area contributed by atoms with Gasteiger partial charge in [-0.3, -0.25) is 4.79 Å². The molecular weight excluding hydrogens is 464 g/mol. The molecule has 2 rings (SSSR count). The molecule has 0 aliphatic rings. The van der Waals surface area contributed by atoms with Gasteiger partial charge < -0.3 is 29.6 Å². The van der Waals surface area contributed by atoms with Gasteiger partial charge in [-0.25, -0.2) is 0 Å². The molecule has 2 aromatic carbocycles. The van der Waals surface area contributed by atoms with Gasteiger partial charge in [0.05, 0.1) is 18.6 Å². The first-order chi connectivity index (χ1) is 16.5. The number of nitrogens with two attached hydrogens (primary N) is 1. The van der Waals surface area contributed by atoms with Crippen LogP contribution in [-0.4, -0.2) is 49.6 Å². The fraction of sp³-hybridized carbons (Fsp3) is 0.481. The number of hydrogen-bond donors (Lipinski definition) is 1. The molecule has 8 heteroatoms. The number of methoxy groups -OCH3 is 2. The third-order valence-corrected chi connectivity index (χ3v) is 5.93. The molecule has 0 aliphatic heterocycles. The second-order valence-electron chi connectivity index (χ2n) is 9.63. The Balaban J connectivity index is 2.34. The zero-order valence-electron chi connectivity index (χ0n) is 21.8. The highest BCUT2D eigenvalue weighted by atomic mass is 32.1. The van der Waals surface area contributed by atoms with E-state index < -0.39 is 5.41 Å². The molecule has 0 spiro atoms. The third kappa shape index (κ3) is 8.40. The van der Waals surface area contributed by atoms with Crippen LogP contribution in [0, 0.1) is 19.3 Å². The van der Waals surface area contributed by atoms with Crippen LogP contribution in [0.4, 0.5) is 0 Å². The fourth-order valence-electron chi connectivity index (χ4n) is 3.49. The molecule has 0 saturated carbocycles. The number of carbonyl (C=O) groups excluding carboxylic acids is 1. The van der Waals surface area contributed by atoms with Crippen LogP contribution in [0.15, 0.2) is 36.4 Å². The molecule has 0 fully saturated rings. The first-order valence-electron chi connectivity index (χ1n) is 11.5. The van der Waals surface area contributed by atoms with Gasteiger partial charge in [0.25, 0.3) is 0 Å². The number of benzene rings is 2. The minimum absolute atomic E-state index is 0.117. The van der Waals surface area contributed by atoms with E-state index in [1.54, 1.807) is 14.2 Å². The summed E-state index contributed by atoms with van der Waals surface area (Å²) in [4.78, 5) is 14.4. The Morgan fingerprint density at radius 2 is 1.71 bits per heavy atom. The lowest BCUT2D eigenvalue weighted by atomic mass is 9.97. The summed E-state index contributed by atoms with van der Waals surface area (Å²) in [6.07, 6.45) is 0.613. The van der Waals surface area contributed by atoms with E-state index in [9.17, 15) is 4.79 Å². The number of thiocarbonyl (C=S) groups is 1. The van der Waals surface area contributed by atoms with E-state index in [4.69, 9.17) is 36.9 Å². The van der Waals surface area contributed by atoms with Crippen molar-refractivity contribution in [3.8, 4) is 11.5 Å². The summed E-state index contributed by atoms with van der Waals surface area (Å²) in [5.74, 6) is 0.880. The quantitative estimate of drug-likeness (QED) is 0.272. The van der Waals surface area contributed by atoms with Gasteiger partial charge in [0.2, 0.25) is 0 Å². The summed E-state index contributed by atoms with van der Waals surface area (Å²) in [6.45, 7) is 10.3. The SMILES string of the molecule is COCOc1ccc(CN(C(N)=S)C(COC(=O)C(C)(C)C)Cc2ccc(C)c(C)c2)cc1OC. The normalized spacial score (nSPS) is 12.1. The molecular formula is C27H38N2O5S. The molecule has 0 bridgehead atoms. The molecule has 0 aliphatic carbocycles. The number of ether oxygens (including phenoxy) is 4. The summed E-state index contributed by atoms with van der Waals surface area (Å²) in [6, 6.07) is 11.7. The van der Waals surface area contributed by atoms with Crippen molar-refractivity contribution in [1.29, 1.82) is 0 Å². The number of hydrogen-bond acceptors (Lipinski definition) is 6. The Morgan fingerprint density at radius 1 is 1.03 bits per heavy atom. The summed E-state index contributed by atoms with van der Waals surface area (Å²) < 4.78 is 21.8. The van der Waals surface area contributed by atoms with Crippen LogP contribution < -0.4 is 15.2 Å².